The molecule has 2 aliphatic heterocycles. The molecule has 12 nitrogen and oxygen atoms in total. The van der Waals surface area contributed by atoms with Crippen LogP contribution in [0.5, 0.6) is 0 Å². The maximum Gasteiger partial charge on any atom is 0.352 e. The van der Waals surface area contributed by atoms with Gasteiger partial charge in [-0.05, 0) is 12.1 Å². The van der Waals surface area contributed by atoms with Crippen LogP contribution in [-0.4, -0.2) is 67.2 Å². The fourth-order valence-corrected chi connectivity index (χ4v) is 5.94. The molecule has 1 saturated heterocycles. The Balaban J connectivity index is 1.36. The Bertz CT molecular complexity index is 1380. The van der Waals surface area contributed by atoms with Crippen LogP contribution in [0.3, 0.4) is 0 Å². The van der Waals surface area contributed by atoms with Gasteiger partial charge in [0.15, 0.2) is 16.4 Å². The molecule has 3 aromatic heterocycles. The molecule has 0 spiro atoms. The number of nitrogen functional groups attached to an aromatic ring is 1. The zero-order valence-corrected chi connectivity index (χ0v) is 20.0. The van der Waals surface area contributed by atoms with Crippen molar-refractivity contribution < 1.29 is 28.9 Å². The molecule has 0 aliphatic carbocycles. The SMILES string of the molecule is CO/N=C(\C(=O)N[C@@H]1C(=O)N2C(C(=O)O)=C(C[n+]3cc4ccccn4c3)CS[C@@H]12)c1csc(N)n1. The molecule has 14 heteroatoms. The van der Waals surface area contributed by atoms with Crippen molar-refractivity contribution >= 4 is 57.2 Å². The van der Waals surface area contributed by atoms with Crippen LogP contribution in [0.25, 0.3) is 5.52 Å². The lowest BCUT2D eigenvalue weighted by molar-refractivity contribution is -0.687. The maximum atomic E-state index is 13.0. The summed E-state index contributed by atoms with van der Waals surface area (Å²) in [5, 5.41) is 17.5. The zero-order valence-electron chi connectivity index (χ0n) is 18.3. The monoisotopic (exact) mass is 514 g/mol. The molecule has 1 fully saturated rings. The molecule has 5 rings (SSSR count). The maximum absolute atomic E-state index is 13.0. The van der Waals surface area contributed by atoms with Crippen LogP contribution in [-0.2, 0) is 25.8 Å². The third-order valence-corrected chi connectivity index (χ3v) is 7.58. The van der Waals surface area contributed by atoms with E-state index in [0.717, 1.165) is 16.9 Å². The van der Waals surface area contributed by atoms with Gasteiger partial charge in [-0.1, -0.05) is 11.2 Å². The summed E-state index contributed by atoms with van der Waals surface area (Å²) in [4.78, 5) is 48.0. The summed E-state index contributed by atoms with van der Waals surface area (Å²) < 4.78 is 3.81. The number of carboxylic acid groups (broad SMARTS) is 1. The number of pyridine rings is 1. The Labute approximate surface area is 206 Å². The van der Waals surface area contributed by atoms with Gasteiger partial charge in [0, 0.05) is 16.7 Å². The van der Waals surface area contributed by atoms with E-state index in [0.29, 0.717) is 17.9 Å². The highest BCUT2D eigenvalue weighted by Crippen LogP contribution is 2.40. The first-order valence-corrected chi connectivity index (χ1v) is 12.3. The van der Waals surface area contributed by atoms with Gasteiger partial charge >= 0.3 is 5.97 Å². The van der Waals surface area contributed by atoms with E-state index in [-0.39, 0.29) is 22.2 Å². The number of thioether (sulfide) groups is 1. The second-order valence-corrected chi connectivity index (χ2v) is 9.76. The molecular formula is C21H20N7O5S2+. The summed E-state index contributed by atoms with van der Waals surface area (Å²) in [6.45, 7) is 0.319. The van der Waals surface area contributed by atoms with Crippen LogP contribution in [0.1, 0.15) is 5.69 Å². The third-order valence-electron chi connectivity index (χ3n) is 5.57. The number of hydrogen-bond donors (Lipinski definition) is 3. The largest absolute Gasteiger partial charge is 0.477 e. The molecule has 2 amide bonds. The minimum absolute atomic E-state index is 0.0509. The first-order valence-electron chi connectivity index (χ1n) is 10.4. The highest BCUT2D eigenvalue weighted by atomic mass is 32.2. The molecule has 0 aromatic carbocycles. The minimum Gasteiger partial charge on any atom is -0.477 e. The number of carbonyl (C=O) groups excluding carboxylic acids is 2. The normalized spacial score (nSPS) is 20.0. The Morgan fingerprint density at radius 1 is 1.43 bits per heavy atom. The van der Waals surface area contributed by atoms with Crippen molar-refractivity contribution in [2.45, 2.75) is 18.0 Å². The van der Waals surface area contributed by atoms with Gasteiger partial charge in [-0.2, -0.15) is 0 Å². The van der Waals surface area contributed by atoms with E-state index in [2.05, 4.69) is 15.5 Å². The molecule has 35 heavy (non-hydrogen) atoms. The van der Waals surface area contributed by atoms with Gasteiger partial charge in [-0.3, -0.25) is 14.5 Å². The number of fused-ring (bicyclic) bond motifs is 2. The summed E-state index contributed by atoms with van der Waals surface area (Å²) in [6, 6.07) is 4.86. The summed E-state index contributed by atoms with van der Waals surface area (Å²) in [5.74, 6) is -1.97. The van der Waals surface area contributed by atoms with Gasteiger partial charge in [0.1, 0.15) is 42.7 Å². The van der Waals surface area contributed by atoms with Crippen LogP contribution < -0.4 is 15.6 Å². The van der Waals surface area contributed by atoms with Crippen LogP contribution in [0, 0.1) is 0 Å². The van der Waals surface area contributed by atoms with Crippen molar-refractivity contribution in [3.05, 3.63) is 59.3 Å². The van der Waals surface area contributed by atoms with E-state index >= 15 is 0 Å². The molecule has 2 aliphatic rings. The number of β-lactam (4-membered cyclic amide) rings is 1. The average molecular weight is 515 g/mol. The molecule has 4 N–H and O–H groups in total. The third kappa shape index (κ3) is 4.10. The summed E-state index contributed by atoms with van der Waals surface area (Å²) >= 11 is 2.53. The van der Waals surface area contributed by atoms with Crippen LogP contribution >= 0.6 is 23.1 Å². The second kappa shape index (κ2) is 9.03. The fourth-order valence-electron chi connectivity index (χ4n) is 4.06. The van der Waals surface area contributed by atoms with E-state index in [1.807, 2.05) is 45.9 Å². The molecular weight excluding hydrogens is 494 g/mol. The number of hydrogen-bond acceptors (Lipinski definition) is 9. The molecule has 2 atom stereocenters. The standard InChI is InChI=1S/C21H19N7O5S2/c1-33-25-14(13-9-35-21(22)23-13)17(29)24-15-18(30)28-16(20(31)32)11(8-34-19(15)28)6-26-7-12-4-2-3-5-27(12)10-26/h2-5,7,9-10,15,19H,6,8H2,1H3,(H3-,22,23,24,29,31,32)/p+1/b25-14-/t15-,19+/m1/s1. The Morgan fingerprint density at radius 3 is 2.94 bits per heavy atom. The summed E-state index contributed by atoms with van der Waals surface area (Å²) in [5.41, 5.74) is 7.26. The van der Waals surface area contributed by atoms with Gasteiger partial charge < -0.3 is 21.0 Å². The second-order valence-electron chi connectivity index (χ2n) is 7.76. The number of carboxylic acids is 1. The predicted molar refractivity (Wildman–Crippen MR) is 127 cm³/mol. The first-order chi connectivity index (χ1) is 16.9. The van der Waals surface area contributed by atoms with E-state index in [1.165, 1.54) is 23.8 Å². The van der Waals surface area contributed by atoms with Gasteiger partial charge in [-0.25, -0.2) is 18.7 Å². The number of imidazole rings is 1. The number of rotatable bonds is 7. The molecule has 0 bridgehead atoms. The summed E-state index contributed by atoms with van der Waals surface area (Å²) in [7, 11) is 1.29. The van der Waals surface area contributed by atoms with Crippen LogP contribution in [0.2, 0.25) is 0 Å². The first kappa shape index (κ1) is 22.9. The van der Waals surface area contributed by atoms with Gasteiger partial charge in [0.2, 0.25) is 6.33 Å². The van der Waals surface area contributed by atoms with E-state index in [9.17, 15) is 19.5 Å². The number of nitrogens with one attached hydrogen (secondary N) is 1. The summed E-state index contributed by atoms with van der Waals surface area (Å²) in [6.07, 6.45) is 5.67. The van der Waals surface area contributed by atoms with Gasteiger partial charge in [0.05, 0.1) is 6.20 Å². The lowest BCUT2D eigenvalue weighted by Gasteiger charge is -2.49. The molecule has 3 aromatic rings. The number of thiazole rings is 1. The lowest BCUT2D eigenvalue weighted by Crippen LogP contribution is -2.71. The number of oxime groups is 1. The molecule has 0 saturated carbocycles. The molecule has 0 unspecified atom stereocenters. The number of anilines is 1. The average Bonchev–Trinajstić information content (AvgIpc) is 3.45. The number of nitrogens with two attached hydrogens (primary N) is 1. The lowest BCUT2D eigenvalue weighted by atomic mass is 10.0. The van der Waals surface area contributed by atoms with Crippen molar-refractivity contribution in [1.29, 1.82) is 0 Å². The fraction of sp³-hybridized carbons (Fsp3) is 0.238. The van der Waals surface area contributed by atoms with Gasteiger partial charge in [-0.15, -0.1) is 23.1 Å². The highest BCUT2D eigenvalue weighted by Gasteiger charge is 2.54. The Kier molecular flexibility index (Phi) is 5.90. The van der Waals surface area contributed by atoms with Gasteiger partial charge in [0.25, 0.3) is 11.8 Å². The van der Waals surface area contributed by atoms with Crippen molar-refractivity contribution in [1.82, 2.24) is 19.6 Å². The Morgan fingerprint density at radius 2 is 2.26 bits per heavy atom. The number of aliphatic carboxylic acids is 1. The predicted octanol–water partition coefficient (Wildman–Crippen LogP) is 0.0548. The number of aromatic nitrogens is 3. The van der Waals surface area contributed by atoms with Crippen LogP contribution in [0.4, 0.5) is 5.13 Å². The molecule has 0 radical (unpaired) electrons. The van der Waals surface area contributed by atoms with Crippen molar-refractivity contribution in [3.63, 3.8) is 0 Å². The quantitative estimate of drug-likeness (QED) is 0.173. The van der Waals surface area contributed by atoms with Crippen LogP contribution in [0.15, 0.2) is 58.7 Å². The number of carbonyl (C=O) groups is 3. The Hall–Kier alpha value is -3.91. The highest BCUT2D eigenvalue weighted by molar-refractivity contribution is 8.00. The van der Waals surface area contributed by atoms with E-state index in [4.69, 9.17) is 10.6 Å². The van der Waals surface area contributed by atoms with Crippen molar-refractivity contribution in [2.24, 2.45) is 5.16 Å². The smallest absolute Gasteiger partial charge is 0.352 e. The minimum atomic E-state index is -1.19. The number of amides is 2. The van der Waals surface area contributed by atoms with Crippen molar-refractivity contribution in [2.75, 3.05) is 18.6 Å². The zero-order chi connectivity index (χ0) is 24.7. The number of nitrogens with zero attached hydrogens (tertiary/aromatic N) is 5. The molecule has 180 valence electrons. The molecule has 5 heterocycles. The van der Waals surface area contributed by atoms with E-state index < -0.39 is 29.2 Å². The van der Waals surface area contributed by atoms with E-state index in [1.54, 1.807) is 5.38 Å². The topological polar surface area (TPSA) is 156 Å². The van der Waals surface area contributed by atoms with Crippen molar-refractivity contribution in [3.8, 4) is 0 Å².